The van der Waals surface area contributed by atoms with Crippen molar-refractivity contribution in [2.75, 3.05) is 50.8 Å². The largest absolute Gasteiger partial charge is 0.505 e. The van der Waals surface area contributed by atoms with Crippen molar-refractivity contribution in [1.29, 1.82) is 0 Å². The molecule has 0 aliphatic carbocycles. The Hall–Kier alpha value is -3.16. The lowest BCUT2D eigenvalue weighted by atomic mass is 9.98. The first kappa shape index (κ1) is 26.4. The molecule has 2 N–H and O–H groups in total. The van der Waals surface area contributed by atoms with Gasteiger partial charge in [-0.1, -0.05) is 45.0 Å². The Morgan fingerprint density at radius 1 is 1.00 bits per heavy atom. The highest BCUT2D eigenvalue weighted by atomic mass is 16.5. The van der Waals surface area contributed by atoms with E-state index in [1.54, 1.807) is 6.07 Å². The Kier molecular flexibility index (Phi) is 9.07. The summed E-state index contributed by atoms with van der Waals surface area (Å²) >= 11 is 0. The molecule has 0 saturated carbocycles. The van der Waals surface area contributed by atoms with E-state index in [4.69, 9.17) is 4.74 Å². The van der Waals surface area contributed by atoms with Crippen LogP contribution in [0.2, 0.25) is 0 Å². The molecule has 3 aromatic rings. The second-order valence-corrected chi connectivity index (χ2v) is 8.66. The summed E-state index contributed by atoms with van der Waals surface area (Å²) in [4.78, 5) is 21.1. The molecular weight excluding hydrogens is 442 g/mol. The number of nitrogens with zero attached hydrogens (tertiary/aromatic N) is 3. The van der Waals surface area contributed by atoms with E-state index in [-0.39, 0.29) is 17.0 Å². The molecule has 1 aliphatic heterocycles. The maximum absolute atomic E-state index is 11.9. The Morgan fingerprint density at radius 2 is 1.60 bits per heavy atom. The first-order valence-electron chi connectivity index (χ1n) is 12.3. The molecule has 0 radical (unpaired) electrons. The van der Waals surface area contributed by atoms with Crippen molar-refractivity contribution < 1.29 is 19.7 Å². The normalized spacial score (nSPS) is 13.6. The van der Waals surface area contributed by atoms with Crippen molar-refractivity contribution in [2.45, 2.75) is 34.6 Å². The molecular formula is C28H37N3O4. The third kappa shape index (κ3) is 5.92. The van der Waals surface area contributed by atoms with E-state index < -0.39 is 5.97 Å². The Labute approximate surface area is 208 Å². The van der Waals surface area contributed by atoms with Crippen molar-refractivity contribution in [3.63, 3.8) is 0 Å². The smallest absolute Gasteiger partial charge is 0.340 e. The number of carboxylic acids is 1. The number of ether oxygens (including phenoxy) is 1. The Balaban J connectivity index is 0.000000429. The van der Waals surface area contributed by atoms with Gasteiger partial charge in [-0.2, -0.15) is 0 Å². The zero-order valence-corrected chi connectivity index (χ0v) is 21.5. The average Bonchev–Trinajstić information content (AvgIpc) is 2.88. The minimum atomic E-state index is -1.17. The molecule has 7 heteroatoms. The van der Waals surface area contributed by atoms with Crippen LogP contribution in [0.3, 0.4) is 0 Å². The first-order valence-corrected chi connectivity index (χ1v) is 12.3. The molecule has 2 heterocycles. The van der Waals surface area contributed by atoms with Gasteiger partial charge in [-0.05, 0) is 56.7 Å². The molecule has 0 amide bonds. The molecule has 188 valence electrons. The second kappa shape index (κ2) is 12.0. The predicted molar refractivity (Wildman–Crippen MR) is 142 cm³/mol. The summed E-state index contributed by atoms with van der Waals surface area (Å²) in [5.41, 5.74) is 4.45. The van der Waals surface area contributed by atoms with Crippen LogP contribution in [-0.4, -0.2) is 72.0 Å². The molecule has 7 nitrogen and oxygen atoms in total. The monoisotopic (exact) mass is 479 g/mol. The summed E-state index contributed by atoms with van der Waals surface area (Å²) in [6.45, 7) is 17.1. The summed E-state index contributed by atoms with van der Waals surface area (Å²) in [6, 6.07) is 11.2. The quantitative estimate of drug-likeness (QED) is 0.508. The van der Waals surface area contributed by atoms with Gasteiger partial charge in [0.15, 0.2) is 5.75 Å². The van der Waals surface area contributed by atoms with Gasteiger partial charge in [0, 0.05) is 29.7 Å². The number of fused-ring (bicyclic) bond motifs is 1. The minimum Gasteiger partial charge on any atom is -0.505 e. The number of morpholine rings is 1. The number of pyridine rings is 1. The van der Waals surface area contributed by atoms with Crippen LogP contribution in [0.15, 0.2) is 36.4 Å². The minimum absolute atomic E-state index is 0.111. The number of aryl methyl sites for hydroxylation is 2. The van der Waals surface area contributed by atoms with E-state index in [2.05, 4.69) is 35.6 Å². The van der Waals surface area contributed by atoms with Crippen LogP contribution in [-0.2, 0) is 4.74 Å². The molecule has 1 aliphatic rings. The molecule has 0 spiro atoms. The topological polar surface area (TPSA) is 86.1 Å². The number of carboxylic acid groups (broad SMARTS) is 1. The average molecular weight is 480 g/mol. The zero-order valence-electron chi connectivity index (χ0n) is 21.5. The SMILES string of the molecule is CCN(CC)CC.Cc1ccc2c(C(=O)O)c(O)c(-c3ccc(N4CCOCC4)cc3)nc2c1C. The Bertz CT molecular complexity index is 1150. The van der Waals surface area contributed by atoms with E-state index in [0.717, 1.165) is 29.9 Å². The standard InChI is InChI=1S/C22H22N2O4.C6H15N/c1-13-3-8-17-18(22(26)27)21(25)20(23-19(17)14(13)2)15-4-6-16(7-5-15)24-9-11-28-12-10-24;1-4-7(5-2)6-3/h3-8,25H,9-12H2,1-2H3,(H,26,27);4-6H2,1-3H3. The number of rotatable bonds is 6. The van der Waals surface area contributed by atoms with Gasteiger partial charge in [0.25, 0.3) is 0 Å². The van der Waals surface area contributed by atoms with Gasteiger partial charge >= 0.3 is 5.97 Å². The molecule has 0 unspecified atom stereocenters. The second-order valence-electron chi connectivity index (χ2n) is 8.66. The van der Waals surface area contributed by atoms with E-state index in [9.17, 15) is 15.0 Å². The lowest BCUT2D eigenvalue weighted by molar-refractivity contribution is 0.0696. The summed E-state index contributed by atoms with van der Waals surface area (Å²) in [6.07, 6.45) is 0. The third-order valence-corrected chi connectivity index (χ3v) is 6.73. The number of aromatic nitrogens is 1. The van der Waals surface area contributed by atoms with Gasteiger partial charge in [0.1, 0.15) is 11.3 Å². The highest BCUT2D eigenvalue weighted by Crippen LogP contribution is 2.37. The van der Waals surface area contributed by atoms with Gasteiger partial charge in [0.2, 0.25) is 0 Å². The van der Waals surface area contributed by atoms with Crippen LogP contribution in [0, 0.1) is 13.8 Å². The van der Waals surface area contributed by atoms with Crippen LogP contribution in [0.25, 0.3) is 22.2 Å². The summed E-state index contributed by atoms with van der Waals surface area (Å²) in [5.74, 6) is -1.47. The van der Waals surface area contributed by atoms with Gasteiger partial charge in [-0.3, -0.25) is 0 Å². The van der Waals surface area contributed by atoms with Crippen molar-refractivity contribution in [3.05, 3.63) is 53.1 Å². The molecule has 0 bridgehead atoms. The molecule has 4 rings (SSSR count). The van der Waals surface area contributed by atoms with Gasteiger partial charge in [-0.15, -0.1) is 0 Å². The summed E-state index contributed by atoms with van der Waals surface area (Å²) in [5, 5.41) is 20.9. The van der Waals surface area contributed by atoms with Crippen LogP contribution < -0.4 is 4.90 Å². The number of hydrogen-bond acceptors (Lipinski definition) is 6. The molecule has 1 saturated heterocycles. The fourth-order valence-corrected chi connectivity index (χ4v) is 4.30. The molecule has 0 atom stereocenters. The van der Waals surface area contributed by atoms with E-state index in [0.29, 0.717) is 29.7 Å². The number of aromatic carboxylic acids is 1. The van der Waals surface area contributed by atoms with E-state index in [1.165, 1.54) is 19.6 Å². The predicted octanol–water partition coefficient (Wildman–Crippen LogP) is 5.11. The highest BCUT2D eigenvalue weighted by Gasteiger charge is 2.22. The lowest BCUT2D eigenvalue weighted by Gasteiger charge is -2.28. The van der Waals surface area contributed by atoms with Crippen molar-refractivity contribution in [2.24, 2.45) is 0 Å². The molecule has 35 heavy (non-hydrogen) atoms. The summed E-state index contributed by atoms with van der Waals surface area (Å²) < 4.78 is 5.39. The highest BCUT2D eigenvalue weighted by molar-refractivity contribution is 6.08. The first-order chi connectivity index (χ1) is 16.8. The Morgan fingerprint density at radius 3 is 2.11 bits per heavy atom. The number of carbonyl (C=O) groups is 1. The third-order valence-electron chi connectivity index (χ3n) is 6.73. The maximum Gasteiger partial charge on any atom is 0.340 e. The van der Waals surface area contributed by atoms with Crippen molar-refractivity contribution in [1.82, 2.24) is 9.88 Å². The molecule has 2 aromatic carbocycles. The van der Waals surface area contributed by atoms with Crippen molar-refractivity contribution in [3.8, 4) is 17.0 Å². The maximum atomic E-state index is 11.9. The van der Waals surface area contributed by atoms with Crippen molar-refractivity contribution >= 4 is 22.6 Å². The molecule has 1 aromatic heterocycles. The number of aromatic hydroxyl groups is 1. The lowest BCUT2D eigenvalue weighted by Crippen LogP contribution is -2.36. The van der Waals surface area contributed by atoms with Crippen LogP contribution >= 0.6 is 0 Å². The van der Waals surface area contributed by atoms with Crippen LogP contribution in [0.4, 0.5) is 5.69 Å². The van der Waals surface area contributed by atoms with Crippen LogP contribution in [0.5, 0.6) is 5.75 Å². The van der Waals surface area contributed by atoms with E-state index in [1.807, 2.05) is 44.2 Å². The van der Waals surface area contributed by atoms with Gasteiger partial charge < -0.3 is 24.7 Å². The van der Waals surface area contributed by atoms with Crippen LogP contribution in [0.1, 0.15) is 42.3 Å². The molecule has 1 fully saturated rings. The number of hydrogen-bond donors (Lipinski definition) is 2. The van der Waals surface area contributed by atoms with E-state index >= 15 is 0 Å². The number of anilines is 1. The zero-order chi connectivity index (χ0) is 25.5. The van der Waals surface area contributed by atoms with Gasteiger partial charge in [0.05, 0.1) is 18.7 Å². The fraction of sp³-hybridized carbons (Fsp3) is 0.429. The number of benzene rings is 2. The summed E-state index contributed by atoms with van der Waals surface area (Å²) in [7, 11) is 0. The fourth-order valence-electron chi connectivity index (χ4n) is 4.30. The van der Waals surface area contributed by atoms with Gasteiger partial charge in [-0.25, -0.2) is 9.78 Å².